The maximum Gasteiger partial charge on any atom is 0.152 e. The van der Waals surface area contributed by atoms with Crippen LogP contribution in [0.5, 0.6) is 0 Å². The van der Waals surface area contributed by atoms with Crippen molar-refractivity contribution in [2.24, 2.45) is 11.7 Å². The predicted molar refractivity (Wildman–Crippen MR) is 47.1 cm³/mol. The average Bonchev–Trinajstić information content (AvgIpc) is 2.16. The van der Waals surface area contributed by atoms with Crippen molar-refractivity contribution < 1.29 is 13.2 Å². The molecular formula is C6H12ClNO3S. The zero-order valence-electron chi connectivity index (χ0n) is 6.52. The van der Waals surface area contributed by atoms with Crippen molar-refractivity contribution in [2.45, 2.75) is 5.54 Å². The molecule has 2 atom stereocenters. The molecule has 0 amide bonds. The fourth-order valence-electron chi connectivity index (χ4n) is 1.82. The highest BCUT2D eigenvalue weighted by Gasteiger charge is 2.51. The molecule has 2 aliphatic heterocycles. The Balaban J connectivity index is 0.000000720. The van der Waals surface area contributed by atoms with Gasteiger partial charge in [0.15, 0.2) is 9.84 Å². The van der Waals surface area contributed by atoms with E-state index in [2.05, 4.69) is 0 Å². The van der Waals surface area contributed by atoms with Crippen LogP contribution in [-0.4, -0.2) is 38.7 Å². The molecular weight excluding hydrogens is 202 g/mol. The lowest BCUT2D eigenvalue weighted by Gasteiger charge is -2.17. The van der Waals surface area contributed by atoms with Crippen LogP contribution < -0.4 is 5.73 Å². The lowest BCUT2D eigenvalue weighted by Crippen LogP contribution is -2.46. The van der Waals surface area contributed by atoms with Crippen molar-refractivity contribution in [3.8, 4) is 0 Å². The molecule has 0 spiro atoms. The van der Waals surface area contributed by atoms with Crippen molar-refractivity contribution in [1.82, 2.24) is 0 Å². The van der Waals surface area contributed by atoms with Crippen LogP contribution in [-0.2, 0) is 14.6 Å². The summed E-state index contributed by atoms with van der Waals surface area (Å²) in [6.07, 6.45) is 0. The van der Waals surface area contributed by atoms with Gasteiger partial charge in [0.25, 0.3) is 0 Å². The molecule has 12 heavy (non-hydrogen) atoms. The monoisotopic (exact) mass is 213 g/mol. The van der Waals surface area contributed by atoms with Gasteiger partial charge in [0.05, 0.1) is 30.3 Å². The Morgan fingerprint density at radius 1 is 1.50 bits per heavy atom. The van der Waals surface area contributed by atoms with E-state index in [0.29, 0.717) is 13.2 Å². The molecule has 0 saturated carbocycles. The summed E-state index contributed by atoms with van der Waals surface area (Å²) in [6.45, 7) is 0.909. The maximum absolute atomic E-state index is 11.1. The summed E-state index contributed by atoms with van der Waals surface area (Å²) in [4.78, 5) is 0. The summed E-state index contributed by atoms with van der Waals surface area (Å²) in [6, 6.07) is 0. The van der Waals surface area contributed by atoms with Crippen molar-refractivity contribution in [3.05, 3.63) is 0 Å². The summed E-state index contributed by atoms with van der Waals surface area (Å²) in [7, 11) is -2.87. The minimum atomic E-state index is -2.87. The Bertz CT molecular complexity index is 279. The van der Waals surface area contributed by atoms with E-state index in [1.54, 1.807) is 0 Å². The number of hydrogen-bond acceptors (Lipinski definition) is 4. The van der Waals surface area contributed by atoms with Crippen LogP contribution in [0.3, 0.4) is 0 Å². The molecule has 0 aromatic heterocycles. The molecule has 4 nitrogen and oxygen atoms in total. The van der Waals surface area contributed by atoms with Crippen LogP contribution in [0.1, 0.15) is 0 Å². The molecule has 6 heteroatoms. The number of ether oxygens (including phenoxy) is 1. The summed E-state index contributed by atoms with van der Waals surface area (Å²) < 4.78 is 27.3. The summed E-state index contributed by atoms with van der Waals surface area (Å²) >= 11 is 0. The fourth-order valence-corrected chi connectivity index (χ4v) is 4.12. The third-order valence-electron chi connectivity index (χ3n) is 2.45. The number of fused-ring (bicyclic) bond motifs is 1. The van der Waals surface area contributed by atoms with E-state index in [4.69, 9.17) is 10.5 Å². The number of hydrogen-bond donors (Lipinski definition) is 1. The van der Waals surface area contributed by atoms with Crippen LogP contribution >= 0.6 is 12.4 Å². The van der Waals surface area contributed by atoms with E-state index in [0.717, 1.165) is 0 Å². The third-order valence-corrected chi connectivity index (χ3v) is 4.33. The molecule has 2 saturated heterocycles. The first-order valence-corrected chi connectivity index (χ1v) is 5.41. The number of halogens is 1. The standard InChI is InChI=1S/C6H11NO3S.ClH/c7-6-3-10-1-5(6)2-11(8,9)4-6;/h5H,1-4,7H2;1H/t5-,6-;/m0./s1. The first kappa shape index (κ1) is 10.2. The van der Waals surface area contributed by atoms with Crippen LogP contribution in [0.4, 0.5) is 0 Å². The number of sulfone groups is 1. The third kappa shape index (κ3) is 1.46. The largest absolute Gasteiger partial charge is 0.379 e. The van der Waals surface area contributed by atoms with Crippen molar-refractivity contribution in [3.63, 3.8) is 0 Å². The second kappa shape index (κ2) is 2.83. The molecule has 2 fully saturated rings. The molecule has 2 N–H and O–H groups in total. The normalized spacial score (nSPS) is 43.6. The molecule has 0 unspecified atom stereocenters. The topological polar surface area (TPSA) is 69.4 Å². The first-order valence-electron chi connectivity index (χ1n) is 3.59. The van der Waals surface area contributed by atoms with Crippen molar-refractivity contribution in [1.29, 1.82) is 0 Å². The zero-order chi connectivity index (χ0) is 8.11. The van der Waals surface area contributed by atoms with Gasteiger partial charge in [-0.3, -0.25) is 0 Å². The van der Waals surface area contributed by atoms with Gasteiger partial charge in [-0.05, 0) is 0 Å². The molecule has 0 aliphatic carbocycles. The maximum atomic E-state index is 11.1. The first-order chi connectivity index (χ1) is 5.02. The molecule has 0 radical (unpaired) electrons. The SMILES string of the molecule is Cl.N[C@]12COC[C@H]1CS(=O)(=O)C2. The molecule has 2 heterocycles. The van der Waals surface area contributed by atoms with E-state index in [1.165, 1.54) is 0 Å². The minimum Gasteiger partial charge on any atom is -0.379 e. The fraction of sp³-hybridized carbons (Fsp3) is 1.00. The minimum absolute atomic E-state index is 0. The van der Waals surface area contributed by atoms with Crippen molar-refractivity contribution >= 4 is 22.2 Å². The zero-order valence-corrected chi connectivity index (χ0v) is 8.16. The predicted octanol–water partition coefficient (Wildman–Crippen LogP) is -0.819. The van der Waals surface area contributed by atoms with Gasteiger partial charge in [0.1, 0.15) is 0 Å². The highest BCUT2D eigenvalue weighted by Crippen LogP contribution is 2.32. The van der Waals surface area contributed by atoms with E-state index in [9.17, 15) is 8.42 Å². The molecule has 2 aliphatic rings. The van der Waals surface area contributed by atoms with Gasteiger partial charge >= 0.3 is 0 Å². The van der Waals surface area contributed by atoms with Gasteiger partial charge in [0, 0.05) is 5.92 Å². The smallest absolute Gasteiger partial charge is 0.152 e. The number of rotatable bonds is 0. The lowest BCUT2D eigenvalue weighted by atomic mass is 9.92. The lowest BCUT2D eigenvalue weighted by molar-refractivity contribution is 0.178. The van der Waals surface area contributed by atoms with Gasteiger partial charge in [-0.15, -0.1) is 12.4 Å². The quantitative estimate of drug-likeness (QED) is 0.571. The van der Waals surface area contributed by atoms with Gasteiger partial charge in [-0.2, -0.15) is 0 Å². The molecule has 72 valence electrons. The van der Waals surface area contributed by atoms with E-state index >= 15 is 0 Å². The highest BCUT2D eigenvalue weighted by atomic mass is 35.5. The van der Waals surface area contributed by atoms with Crippen LogP contribution in [0.25, 0.3) is 0 Å². The Labute approximate surface area is 77.8 Å². The van der Waals surface area contributed by atoms with E-state index in [-0.39, 0.29) is 29.8 Å². The van der Waals surface area contributed by atoms with E-state index < -0.39 is 15.4 Å². The van der Waals surface area contributed by atoms with Gasteiger partial charge in [0.2, 0.25) is 0 Å². The Kier molecular flexibility index (Phi) is 2.42. The number of nitrogens with two attached hydrogens (primary N) is 1. The summed E-state index contributed by atoms with van der Waals surface area (Å²) in [5, 5.41) is 0. The Hall–Kier alpha value is 0.160. The molecule has 0 bridgehead atoms. The second-order valence-corrected chi connectivity index (χ2v) is 5.61. The van der Waals surface area contributed by atoms with Gasteiger partial charge < -0.3 is 10.5 Å². The Morgan fingerprint density at radius 3 is 2.75 bits per heavy atom. The average molecular weight is 214 g/mol. The van der Waals surface area contributed by atoms with Crippen LogP contribution in [0.15, 0.2) is 0 Å². The second-order valence-electron chi connectivity index (χ2n) is 3.50. The molecule has 0 aromatic carbocycles. The van der Waals surface area contributed by atoms with Crippen molar-refractivity contribution in [2.75, 3.05) is 24.7 Å². The van der Waals surface area contributed by atoms with Crippen LogP contribution in [0, 0.1) is 5.92 Å². The Morgan fingerprint density at radius 2 is 2.17 bits per heavy atom. The summed E-state index contributed by atoms with van der Waals surface area (Å²) in [5.41, 5.74) is 5.27. The van der Waals surface area contributed by atoms with Crippen LogP contribution in [0.2, 0.25) is 0 Å². The summed E-state index contributed by atoms with van der Waals surface area (Å²) in [5.74, 6) is 0.348. The van der Waals surface area contributed by atoms with Gasteiger partial charge in [-0.1, -0.05) is 0 Å². The van der Waals surface area contributed by atoms with Gasteiger partial charge in [-0.25, -0.2) is 8.42 Å². The van der Waals surface area contributed by atoms with E-state index in [1.807, 2.05) is 0 Å². The highest BCUT2D eigenvalue weighted by molar-refractivity contribution is 7.91. The molecule has 0 aromatic rings. The molecule has 2 rings (SSSR count).